The number of rotatable bonds is 2. The third-order valence-corrected chi connectivity index (χ3v) is 8.13. The summed E-state index contributed by atoms with van der Waals surface area (Å²) in [6, 6.07) is 15.3. The highest BCUT2D eigenvalue weighted by atomic mass is 16.5. The van der Waals surface area contributed by atoms with E-state index in [1.54, 1.807) is 37.1 Å². The van der Waals surface area contributed by atoms with Gasteiger partial charge in [-0.25, -0.2) is 0 Å². The van der Waals surface area contributed by atoms with Gasteiger partial charge in [0.25, 0.3) is 11.1 Å². The van der Waals surface area contributed by atoms with Crippen molar-refractivity contribution in [2.45, 2.75) is 57.3 Å². The highest BCUT2D eigenvalue weighted by Crippen LogP contribution is 2.58. The number of aliphatic hydroxyl groups is 1. The molecule has 4 heterocycles. The fraction of sp³-hybridized carbons (Fsp3) is 0.400. The Morgan fingerprint density at radius 1 is 0.865 bits per heavy atom. The maximum absolute atomic E-state index is 13.9. The van der Waals surface area contributed by atoms with Crippen LogP contribution >= 0.6 is 0 Å². The predicted octanol–water partition coefficient (Wildman–Crippen LogP) is 4.56. The van der Waals surface area contributed by atoms with E-state index in [0.29, 0.717) is 29.0 Å². The minimum absolute atomic E-state index is 0.158. The Morgan fingerprint density at radius 3 is 1.95 bits per heavy atom. The van der Waals surface area contributed by atoms with Crippen LogP contribution in [-0.2, 0) is 14.1 Å². The Morgan fingerprint density at radius 2 is 1.38 bits per heavy atom. The molecule has 7 nitrogen and oxygen atoms in total. The van der Waals surface area contributed by atoms with E-state index in [1.807, 2.05) is 62.4 Å². The molecular weight excluding hydrogens is 468 g/mol. The molecule has 0 saturated carbocycles. The molecule has 0 fully saturated rings. The number of benzene rings is 2. The zero-order valence-corrected chi connectivity index (χ0v) is 22.0. The van der Waals surface area contributed by atoms with Crippen LogP contribution in [0.1, 0.15) is 57.3 Å². The first kappa shape index (κ1) is 23.8. The molecule has 2 aliphatic rings. The molecule has 0 aliphatic carbocycles. The number of hydrogen-bond acceptors (Lipinski definition) is 5. The quantitative estimate of drug-likeness (QED) is 0.437. The first-order valence-corrected chi connectivity index (χ1v) is 12.7. The monoisotopic (exact) mass is 500 g/mol. The van der Waals surface area contributed by atoms with E-state index < -0.39 is 23.2 Å². The van der Waals surface area contributed by atoms with E-state index in [1.165, 1.54) is 0 Å². The lowest BCUT2D eigenvalue weighted by atomic mass is 9.65. The lowest BCUT2D eigenvalue weighted by Gasteiger charge is -2.51. The molecule has 0 spiro atoms. The molecule has 0 amide bonds. The topological polar surface area (TPSA) is 82.7 Å². The number of fused-ring (bicyclic) bond motifs is 8. The van der Waals surface area contributed by atoms with Gasteiger partial charge in [-0.1, -0.05) is 24.3 Å². The van der Waals surface area contributed by atoms with E-state index in [9.17, 15) is 14.7 Å². The summed E-state index contributed by atoms with van der Waals surface area (Å²) in [5, 5.41) is 12.7. The molecule has 0 bridgehead atoms. The Labute approximate surface area is 214 Å². The summed E-state index contributed by atoms with van der Waals surface area (Å²) < 4.78 is 16.7. The number of nitrogens with zero attached hydrogens (tertiary/aromatic N) is 2. The largest absolute Gasteiger partial charge is 0.486 e. The summed E-state index contributed by atoms with van der Waals surface area (Å²) in [7, 11) is 3.52. The van der Waals surface area contributed by atoms with Crippen molar-refractivity contribution < 1.29 is 14.6 Å². The molecule has 1 N–H and O–H groups in total. The first-order chi connectivity index (χ1) is 17.4. The average Bonchev–Trinajstić information content (AvgIpc) is 2.84. The molecule has 4 aromatic rings. The second-order valence-corrected chi connectivity index (χ2v) is 11.6. The van der Waals surface area contributed by atoms with Crippen molar-refractivity contribution in [2.75, 3.05) is 0 Å². The van der Waals surface area contributed by atoms with Crippen molar-refractivity contribution >= 4 is 21.8 Å². The van der Waals surface area contributed by atoms with Crippen LogP contribution in [0.2, 0.25) is 0 Å². The van der Waals surface area contributed by atoms with E-state index >= 15 is 0 Å². The zero-order valence-electron chi connectivity index (χ0n) is 22.0. The van der Waals surface area contributed by atoms with Gasteiger partial charge in [-0.15, -0.1) is 0 Å². The highest BCUT2D eigenvalue weighted by Gasteiger charge is 2.56. The standard InChI is InChI=1S/C30H32N2O5/c1-29(2,35)15-18-21-24(16-11-7-9-13-19(16)31(5)27(21)33)36-26-22-25(37-30(3,4)23(18)26)17-12-8-10-14-20(17)32(6)28(22)34/h7-14,18,23,26,35H,15H2,1-6H3/t18-,23+,26+/m1/s1. The Kier molecular flexibility index (Phi) is 4.96. The third-order valence-electron chi connectivity index (χ3n) is 8.13. The van der Waals surface area contributed by atoms with E-state index in [2.05, 4.69) is 0 Å². The number of ether oxygens (including phenoxy) is 2. The zero-order chi connectivity index (χ0) is 26.4. The van der Waals surface area contributed by atoms with Crippen LogP contribution < -0.4 is 20.6 Å². The van der Waals surface area contributed by atoms with Crippen LogP contribution in [0, 0.1) is 5.92 Å². The lowest BCUT2D eigenvalue weighted by Crippen LogP contribution is -2.54. The Balaban J connectivity index is 1.73. The van der Waals surface area contributed by atoms with Crippen LogP contribution in [0.3, 0.4) is 0 Å². The van der Waals surface area contributed by atoms with Gasteiger partial charge in [0.05, 0.1) is 22.2 Å². The van der Waals surface area contributed by atoms with Crippen LogP contribution in [0.4, 0.5) is 0 Å². The maximum Gasteiger partial charge on any atom is 0.261 e. The smallest absolute Gasteiger partial charge is 0.261 e. The number of para-hydroxylation sites is 2. The molecule has 0 radical (unpaired) electrons. The summed E-state index contributed by atoms with van der Waals surface area (Å²) in [5.74, 6) is 0.231. The van der Waals surface area contributed by atoms with E-state index in [4.69, 9.17) is 9.47 Å². The van der Waals surface area contributed by atoms with Crippen molar-refractivity contribution in [1.82, 2.24) is 9.13 Å². The van der Waals surface area contributed by atoms with Crippen molar-refractivity contribution in [3.8, 4) is 11.5 Å². The first-order valence-electron chi connectivity index (χ1n) is 12.7. The Bertz CT molecular complexity index is 1710. The lowest BCUT2D eigenvalue weighted by molar-refractivity contribution is -0.0788. The Hall–Kier alpha value is -3.58. The van der Waals surface area contributed by atoms with Crippen LogP contribution in [0.25, 0.3) is 21.8 Å². The van der Waals surface area contributed by atoms with Gasteiger partial charge in [-0.05, 0) is 58.4 Å². The van der Waals surface area contributed by atoms with Gasteiger partial charge in [-0.3, -0.25) is 9.59 Å². The molecule has 7 heteroatoms. The van der Waals surface area contributed by atoms with Crippen molar-refractivity contribution in [3.05, 3.63) is 80.4 Å². The van der Waals surface area contributed by atoms with Gasteiger partial charge >= 0.3 is 0 Å². The number of pyridine rings is 2. The highest BCUT2D eigenvalue weighted by molar-refractivity contribution is 5.89. The summed E-state index contributed by atoms with van der Waals surface area (Å²) in [6.45, 7) is 7.47. The molecule has 192 valence electrons. The minimum atomic E-state index is -1.06. The van der Waals surface area contributed by atoms with Gasteiger partial charge in [0.1, 0.15) is 28.8 Å². The summed E-state index contributed by atoms with van der Waals surface area (Å²) >= 11 is 0. The molecule has 2 aromatic carbocycles. The molecule has 2 aliphatic heterocycles. The SMILES string of the molecule is Cn1c(=O)c2c(c3ccccc31)O[C@H]1c3c(c4ccccc4n(C)c3=O)OC(C)(C)[C@H]1[C@@H]2CC(C)(C)O. The van der Waals surface area contributed by atoms with Crippen LogP contribution in [-0.4, -0.2) is 25.4 Å². The number of aryl methyl sites for hydroxylation is 2. The van der Waals surface area contributed by atoms with E-state index in [0.717, 1.165) is 21.8 Å². The molecule has 0 saturated heterocycles. The van der Waals surface area contributed by atoms with Crippen molar-refractivity contribution in [2.24, 2.45) is 20.0 Å². The summed E-state index contributed by atoms with van der Waals surface area (Å²) in [6.07, 6.45) is -0.342. The van der Waals surface area contributed by atoms with Gasteiger partial charge in [0, 0.05) is 36.7 Å². The molecular formula is C30H32N2O5. The van der Waals surface area contributed by atoms with Gasteiger partial charge in [-0.2, -0.15) is 0 Å². The second-order valence-electron chi connectivity index (χ2n) is 11.6. The van der Waals surface area contributed by atoms with Gasteiger partial charge < -0.3 is 23.7 Å². The summed E-state index contributed by atoms with van der Waals surface area (Å²) in [4.78, 5) is 27.7. The van der Waals surface area contributed by atoms with E-state index in [-0.39, 0.29) is 17.0 Å². The van der Waals surface area contributed by atoms with Gasteiger partial charge in [0.15, 0.2) is 0 Å². The minimum Gasteiger partial charge on any atom is -0.486 e. The van der Waals surface area contributed by atoms with Crippen LogP contribution in [0.15, 0.2) is 58.1 Å². The normalized spacial score (nSPS) is 22.1. The van der Waals surface area contributed by atoms with Crippen molar-refractivity contribution in [3.63, 3.8) is 0 Å². The summed E-state index contributed by atoms with van der Waals surface area (Å²) in [5.41, 5.74) is 0.326. The van der Waals surface area contributed by atoms with Gasteiger partial charge in [0.2, 0.25) is 0 Å². The fourth-order valence-electron chi connectivity index (χ4n) is 6.57. The molecule has 37 heavy (non-hydrogen) atoms. The van der Waals surface area contributed by atoms with Crippen LogP contribution in [0.5, 0.6) is 11.5 Å². The predicted molar refractivity (Wildman–Crippen MR) is 144 cm³/mol. The molecule has 3 atom stereocenters. The average molecular weight is 501 g/mol. The number of hydrogen-bond donors (Lipinski definition) is 1. The molecule has 0 unspecified atom stereocenters. The fourth-order valence-corrected chi connectivity index (χ4v) is 6.57. The molecule has 6 rings (SSSR count). The van der Waals surface area contributed by atoms with Crippen molar-refractivity contribution in [1.29, 1.82) is 0 Å². The second kappa shape index (κ2) is 7.71. The molecule has 2 aromatic heterocycles. The third kappa shape index (κ3) is 3.37. The number of aromatic nitrogens is 2. The maximum atomic E-state index is 13.9.